The van der Waals surface area contributed by atoms with Gasteiger partial charge in [-0.1, -0.05) is 6.92 Å². The maximum Gasteiger partial charge on any atom is 0.329 e. The zero-order chi connectivity index (χ0) is 13.3. The third-order valence-corrected chi connectivity index (χ3v) is 3.94. The van der Waals surface area contributed by atoms with Crippen LogP contribution < -0.4 is 10.6 Å². The number of likely N-dealkylation sites (tertiary alicyclic amines) is 1. The van der Waals surface area contributed by atoms with Crippen molar-refractivity contribution in [3.05, 3.63) is 0 Å². The van der Waals surface area contributed by atoms with Gasteiger partial charge in [0.2, 0.25) is 0 Å². The Morgan fingerprint density at radius 2 is 2.06 bits per heavy atom. The number of hydrogen-bond donors (Lipinski definition) is 3. The molecule has 1 heterocycles. The predicted octanol–water partition coefficient (Wildman–Crippen LogP) is 0.243. The maximum atomic E-state index is 11.8. The van der Waals surface area contributed by atoms with Gasteiger partial charge in [-0.2, -0.15) is 0 Å². The fourth-order valence-electron chi connectivity index (χ4n) is 2.51. The lowest BCUT2D eigenvalue weighted by molar-refractivity contribution is -0.140. The molecule has 0 aromatic heterocycles. The summed E-state index contributed by atoms with van der Waals surface area (Å²) in [4.78, 5) is 25.0. The molecule has 1 saturated heterocycles. The Kier molecular flexibility index (Phi) is 3.47. The van der Waals surface area contributed by atoms with Gasteiger partial charge in [0.15, 0.2) is 0 Å². The average molecular weight is 255 g/mol. The molecule has 0 aromatic carbocycles. The second-order valence-corrected chi connectivity index (χ2v) is 5.62. The van der Waals surface area contributed by atoms with E-state index < -0.39 is 11.5 Å². The van der Waals surface area contributed by atoms with Crippen molar-refractivity contribution in [2.45, 2.75) is 37.8 Å². The van der Waals surface area contributed by atoms with Gasteiger partial charge in [-0.05, 0) is 38.8 Å². The van der Waals surface area contributed by atoms with E-state index in [9.17, 15) is 9.59 Å². The molecule has 2 amide bonds. The average Bonchev–Trinajstić information content (AvgIpc) is 3.03. The van der Waals surface area contributed by atoms with Crippen LogP contribution >= 0.6 is 0 Å². The number of nitrogens with one attached hydrogen (secondary N) is 2. The van der Waals surface area contributed by atoms with E-state index in [4.69, 9.17) is 5.11 Å². The minimum Gasteiger partial charge on any atom is -0.480 e. The van der Waals surface area contributed by atoms with Crippen LogP contribution in [0, 0.1) is 5.92 Å². The van der Waals surface area contributed by atoms with E-state index in [0.29, 0.717) is 18.8 Å². The summed E-state index contributed by atoms with van der Waals surface area (Å²) < 4.78 is 0. The zero-order valence-electron chi connectivity index (χ0n) is 10.9. The summed E-state index contributed by atoms with van der Waals surface area (Å²) in [6, 6.07) is -0.220. The molecular formula is C12H21N3O3. The molecule has 6 nitrogen and oxygen atoms in total. The summed E-state index contributed by atoms with van der Waals surface area (Å²) in [5.74, 6) is -0.552. The Bertz CT molecular complexity index is 354. The minimum atomic E-state index is -1.00. The number of carboxylic acids is 1. The topological polar surface area (TPSA) is 81.7 Å². The van der Waals surface area contributed by atoms with Gasteiger partial charge < -0.3 is 20.6 Å². The van der Waals surface area contributed by atoms with Crippen LogP contribution in [0.2, 0.25) is 0 Å². The third kappa shape index (κ3) is 2.75. The molecule has 1 saturated carbocycles. The smallest absolute Gasteiger partial charge is 0.329 e. The van der Waals surface area contributed by atoms with E-state index in [1.165, 1.54) is 0 Å². The number of piperidine rings is 1. The van der Waals surface area contributed by atoms with E-state index in [0.717, 1.165) is 19.5 Å². The van der Waals surface area contributed by atoms with Gasteiger partial charge in [-0.25, -0.2) is 9.59 Å². The molecule has 1 aliphatic heterocycles. The van der Waals surface area contributed by atoms with E-state index in [1.54, 1.807) is 0 Å². The van der Waals surface area contributed by atoms with Gasteiger partial charge in [-0.15, -0.1) is 0 Å². The molecule has 1 aliphatic carbocycles. The van der Waals surface area contributed by atoms with Crippen molar-refractivity contribution in [3.63, 3.8) is 0 Å². The standard InChI is InChI=1S/C12H21N3O3/c1-8-7-15(2)6-3-9(8)13-11(18)14-12(4-5-12)10(16)17/h8-9H,3-7H2,1-2H3,(H,16,17)(H2,13,14,18). The van der Waals surface area contributed by atoms with Gasteiger partial charge in [-0.3, -0.25) is 0 Å². The van der Waals surface area contributed by atoms with Gasteiger partial charge in [0, 0.05) is 12.6 Å². The Morgan fingerprint density at radius 1 is 1.39 bits per heavy atom. The molecular weight excluding hydrogens is 234 g/mol. The molecule has 0 bridgehead atoms. The SMILES string of the molecule is CC1CN(C)CCC1NC(=O)NC1(C(=O)O)CC1. The summed E-state index contributed by atoms with van der Waals surface area (Å²) in [5, 5.41) is 14.5. The molecule has 2 aliphatic rings. The lowest BCUT2D eigenvalue weighted by Crippen LogP contribution is -2.55. The van der Waals surface area contributed by atoms with Crippen molar-refractivity contribution in [2.24, 2.45) is 5.92 Å². The number of rotatable bonds is 3. The first-order chi connectivity index (χ1) is 8.43. The first-order valence-electron chi connectivity index (χ1n) is 6.43. The summed E-state index contributed by atoms with van der Waals surface area (Å²) >= 11 is 0. The van der Waals surface area contributed by atoms with Crippen LogP contribution in [0.3, 0.4) is 0 Å². The number of aliphatic carboxylic acids is 1. The van der Waals surface area contributed by atoms with Gasteiger partial charge in [0.25, 0.3) is 0 Å². The van der Waals surface area contributed by atoms with E-state index in [1.807, 2.05) is 0 Å². The van der Waals surface area contributed by atoms with Crippen molar-refractivity contribution in [2.75, 3.05) is 20.1 Å². The molecule has 6 heteroatoms. The van der Waals surface area contributed by atoms with Crippen molar-refractivity contribution >= 4 is 12.0 Å². The number of carboxylic acid groups (broad SMARTS) is 1. The van der Waals surface area contributed by atoms with E-state index in [-0.39, 0.29) is 12.1 Å². The van der Waals surface area contributed by atoms with Crippen LogP contribution in [-0.2, 0) is 4.79 Å². The van der Waals surface area contributed by atoms with Crippen LogP contribution in [0.25, 0.3) is 0 Å². The van der Waals surface area contributed by atoms with Gasteiger partial charge in [0.1, 0.15) is 5.54 Å². The first-order valence-corrected chi connectivity index (χ1v) is 6.43. The highest BCUT2D eigenvalue weighted by Crippen LogP contribution is 2.35. The normalized spacial score (nSPS) is 30.6. The molecule has 102 valence electrons. The van der Waals surface area contributed by atoms with Crippen molar-refractivity contribution in [1.29, 1.82) is 0 Å². The summed E-state index contributed by atoms with van der Waals surface area (Å²) in [5.41, 5.74) is -1.00. The number of urea groups is 1. The fraction of sp³-hybridized carbons (Fsp3) is 0.833. The molecule has 0 radical (unpaired) electrons. The summed E-state index contributed by atoms with van der Waals surface area (Å²) in [6.07, 6.45) is 1.96. The Morgan fingerprint density at radius 3 is 2.56 bits per heavy atom. The Labute approximate surface area is 107 Å². The molecule has 2 rings (SSSR count). The zero-order valence-corrected chi connectivity index (χ0v) is 10.9. The van der Waals surface area contributed by atoms with Crippen LogP contribution in [0.1, 0.15) is 26.2 Å². The Balaban J connectivity index is 1.83. The fourth-order valence-corrected chi connectivity index (χ4v) is 2.51. The highest BCUT2D eigenvalue weighted by molar-refractivity contribution is 5.89. The molecule has 3 N–H and O–H groups in total. The van der Waals surface area contributed by atoms with Crippen molar-refractivity contribution in [1.82, 2.24) is 15.5 Å². The van der Waals surface area contributed by atoms with Crippen LogP contribution in [0.4, 0.5) is 4.79 Å². The van der Waals surface area contributed by atoms with Crippen LogP contribution in [0.15, 0.2) is 0 Å². The van der Waals surface area contributed by atoms with E-state index >= 15 is 0 Å². The van der Waals surface area contributed by atoms with E-state index in [2.05, 4.69) is 29.5 Å². The predicted molar refractivity (Wildman–Crippen MR) is 66.3 cm³/mol. The number of carbonyl (C=O) groups is 2. The largest absolute Gasteiger partial charge is 0.480 e. The summed E-state index contributed by atoms with van der Waals surface area (Å²) in [7, 11) is 2.07. The quantitative estimate of drug-likeness (QED) is 0.675. The number of hydrogen-bond acceptors (Lipinski definition) is 3. The minimum absolute atomic E-state index is 0.130. The third-order valence-electron chi connectivity index (χ3n) is 3.94. The number of carbonyl (C=O) groups excluding carboxylic acids is 1. The second-order valence-electron chi connectivity index (χ2n) is 5.62. The van der Waals surface area contributed by atoms with Crippen LogP contribution in [0.5, 0.6) is 0 Å². The highest BCUT2D eigenvalue weighted by Gasteiger charge is 2.51. The number of amides is 2. The molecule has 2 unspecified atom stereocenters. The number of nitrogens with zero attached hydrogens (tertiary/aromatic N) is 1. The maximum absolute atomic E-state index is 11.8. The van der Waals surface area contributed by atoms with Gasteiger partial charge >= 0.3 is 12.0 Å². The van der Waals surface area contributed by atoms with Crippen molar-refractivity contribution < 1.29 is 14.7 Å². The van der Waals surface area contributed by atoms with Crippen LogP contribution in [-0.4, -0.2) is 53.7 Å². The summed E-state index contributed by atoms with van der Waals surface area (Å²) in [6.45, 7) is 4.01. The first kappa shape index (κ1) is 13.1. The molecule has 18 heavy (non-hydrogen) atoms. The highest BCUT2D eigenvalue weighted by atomic mass is 16.4. The molecule has 2 fully saturated rings. The van der Waals surface area contributed by atoms with Gasteiger partial charge in [0.05, 0.1) is 0 Å². The van der Waals surface area contributed by atoms with Crippen molar-refractivity contribution in [3.8, 4) is 0 Å². The Hall–Kier alpha value is -1.30. The lowest BCUT2D eigenvalue weighted by Gasteiger charge is -2.35. The molecule has 2 atom stereocenters. The second kappa shape index (κ2) is 4.76. The molecule has 0 aromatic rings. The molecule has 0 spiro atoms. The lowest BCUT2D eigenvalue weighted by atomic mass is 9.94. The monoisotopic (exact) mass is 255 g/mol.